The Morgan fingerprint density at radius 3 is 2.25 bits per heavy atom. The van der Waals surface area contributed by atoms with Gasteiger partial charge in [-0.05, 0) is 24.6 Å². The molecule has 146 valence electrons. The number of hydrogen-bond donors (Lipinski definition) is 3. The van der Waals surface area contributed by atoms with Crippen molar-refractivity contribution in [3.63, 3.8) is 0 Å². The van der Waals surface area contributed by atoms with Gasteiger partial charge in [0.05, 0.1) is 5.75 Å². The van der Waals surface area contributed by atoms with Gasteiger partial charge in [-0.15, -0.1) is 11.8 Å². The Kier molecular flexibility index (Phi) is 7.76. The quantitative estimate of drug-likeness (QED) is 0.413. The van der Waals surface area contributed by atoms with Crippen molar-refractivity contribution in [2.45, 2.75) is 23.8 Å². The standard InChI is InChI=1S/C20H19NO6S/c22-17(13-5-2-1-3-6-13)12-28-15-8-4-7-14(11-15)19(25)21-16(20(26)27)9-10-18(23)24/h1-8,11,16H,9-10,12H2,(H,21,25)(H,23,24)(H,26,27). The lowest BCUT2D eigenvalue weighted by Gasteiger charge is -2.14. The lowest BCUT2D eigenvalue weighted by Crippen LogP contribution is -2.41. The molecular formula is C20H19NO6S. The number of thioether (sulfide) groups is 1. The molecule has 0 spiro atoms. The van der Waals surface area contributed by atoms with Gasteiger partial charge in [0.2, 0.25) is 0 Å². The van der Waals surface area contributed by atoms with Crippen LogP contribution in [0, 0.1) is 0 Å². The normalized spacial score (nSPS) is 11.4. The van der Waals surface area contributed by atoms with Crippen LogP contribution in [0.3, 0.4) is 0 Å². The minimum Gasteiger partial charge on any atom is -0.481 e. The molecule has 7 nitrogen and oxygen atoms in total. The maximum atomic E-state index is 12.3. The van der Waals surface area contributed by atoms with Crippen molar-refractivity contribution in [2.75, 3.05) is 5.75 Å². The van der Waals surface area contributed by atoms with Crippen LogP contribution < -0.4 is 5.32 Å². The summed E-state index contributed by atoms with van der Waals surface area (Å²) < 4.78 is 0. The Labute approximate surface area is 165 Å². The van der Waals surface area contributed by atoms with Crippen LogP contribution >= 0.6 is 11.8 Å². The number of carboxylic acids is 2. The highest BCUT2D eigenvalue weighted by Crippen LogP contribution is 2.20. The van der Waals surface area contributed by atoms with Gasteiger partial charge in [-0.25, -0.2) is 4.79 Å². The molecule has 2 aromatic carbocycles. The molecule has 0 aliphatic rings. The number of rotatable bonds is 10. The topological polar surface area (TPSA) is 121 Å². The first-order valence-corrected chi connectivity index (χ1v) is 9.42. The van der Waals surface area contributed by atoms with Gasteiger partial charge >= 0.3 is 11.9 Å². The fourth-order valence-corrected chi connectivity index (χ4v) is 3.20. The minimum atomic E-state index is -1.30. The lowest BCUT2D eigenvalue weighted by atomic mass is 10.1. The van der Waals surface area contributed by atoms with Crippen LogP contribution in [0.25, 0.3) is 0 Å². The Morgan fingerprint density at radius 2 is 1.61 bits per heavy atom. The van der Waals surface area contributed by atoms with Crippen LogP contribution in [0.4, 0.5) is 0 Å². The Balaban J connectivity index is 1.99. The van der Waals surface area contributed by atoms with Gasteiger partial charge in [-0.2, -0.15) is 0 Å². The van der Waals surface area contributed by atoms with Crippen LogP contribution in [-0.4, -0.2) is 45.6 Å². The fraction of sp³-hybridized carbons (Fsp3) is 0.200. The molecule has 0 aliphatic heterocycles. The molecular weight excluding hydrogens is 382 g/mol. The molecule has 1 unspecified atom stereocenters. The van der Waals surface area contributed by atoms with Gasteiger partial charge in [0.15, 0.2) is 5.78 Å². The molecule has 0 saturated carbocycles. The predicted octanol–water partition coefficient (Wildman–Crippen LogP) is 2.71. The molecule has 0 aliphatic carbocycles. The Bertz CT molecular complexity index is 868. The second kappa shape index (κ2) is 10.3. The lowest BCUT2D eigenvalue weighted by molar-refractivity contribution is -0.140. The van der Waals surface area contributed by atoms with Gasteiger partial charge < -0.3 is 15.5 Å². The van der Waals surface area contributed by atoms with E-state index in [0.717, 1.165) is 0 Å². The van der Waals surface area contributed by atoms with Crippen molar-refractivity contribution >= 4 is 35.4 Å². The number of benzene rings is 2. The molecule has 0 saturated heterocycles. The molecule has 0 fully saturated rings. The van der Waals surface area contributed by atoms with E-state index < -0.39 is 23.9 Å². The van der Waals surface area contributed by atoms with Gasteiger partial charge in [-0.3, -0.25) is 14.4 Å². The van der Waals surface area contributed by atoms with E-state index >= 15 is 0 Å². The zero-order valence-corrected chi connectivity index (χ0v) is 15.6. The largest absolute Gasteiger partial charge is 0.481 e. The van der Waals surface area contributed by atoms with E-state index in [0.29, 0.717) is 10.5 Å². The number of hydrogen-bond acceptors (Lipinski definition) is 5. The first-order valence-electron chi connectivity index (χ1n) is 8.43. The van der Waals surface area contributed by atoms with Crippen molar-refractivity contribution in [2.24, 2.45) is 0 Å². The van der Waals surface area contributed by atoms with Crippen LogP contribution in [0.1, 0.15) is 33.6 Å². The van der Waals surface area contributed by atoms with E-state index in [-0.39, 0.29) is 29.9 Å². The molecule has 28 heavy (non-hydrogen) atoms. The summed E-state index contributed by atoms with van der Waals surface area (Å²) in [5.41, 5.74) is 0.838. The number of nitrogens with one attached hydrogen (secondary N) is 1. The molecule has 0 bridgehead atoms. The SMILES string of the molecule is O=C(O)CCC(NC(=O)c1cccc(SCC(=O)c2ccccc2)c1)C(=O)O. The molecule has 0 aromatic heterocycles. The molecule has 8 heteroatoms. The third-order valence-corrected chi connectivity index (χ3v) is 4.81. The summed E-state index contributed by atoms with van der Waals surface area (Å²) in [5.74, 6) is -2.89. The molecule has 0 radical (unpaired) electrons. The summed E-state index contributed by atoms with van der Waals surface area (Å²) >= 11 is 1.27. The summed E-state index contributed by atoms with van der Waals surface area (Å²) in [6.07, 6.45) is -0.578. The molecule has 0 heterocycles. The summed E-state index contributed by atoms with van der Waals surface area (Å²) in [6, 6.07) is 14.0. The highest BCUT2D eigenvalue weighted by atomic mass is 32.2. The zero-order chi connectivity index (χ0) is 20.5. The second-order valence-corrected chi connectivity index (χ2v) is 6.95. The number of amides is 1. The Morgan fingerprint density at radius 1 is 0.929 bits per heavy atom. The molecule has 2 aromatic rings. The highest BCUT2D eigenvalue weighted by molar-refractivity contribution is 8.00. The Hall–Kier alpha value is -3.13. The minimum absolute atomic E-state index is 0.0416. The van der Waals surface area contributed by atoms with E-state index in [1.807, 2.05) is 6.07 Å². The van der Waals surface area contributed by atoms with Crippen molar-refractivity contribution in [1.29, 1.82) is 0 Å². The molecule has 1 amide bonds. The fourth-order valence-electron chi connectivity index (χ4n) is 2.35. The van der Waals surface area contributed by atoms with E-state index in [1.165, 1.54) is 17.8 Å². The van der Waals surface area contributed by atoms with Gasteiger partial charge in [0.25, 0.3) is 5.91 Å². The van der Waals surface area contributed by atoms with E-state index in [1.54, 1.807) is 42.5 Å². The average molecular weight is 401 g/mol. The summed E-state index contributed by atoms with van der Waals surface area (Å²) in [4.78, 5) is 47.0. The zero-order valence-electron chi connectivity index (χ0n) is 14.8. The predicted molar refractivity (Wildman–Crippen MR) is 104 cm³/mol. The monoisotopic (exact) mass is 401 g/mol. The number of carbonyl (C=O) groups excluding carboxylic acids is 2. The van der Waals surface area contributed by atoms with Crippen LogP contribution in [0.15, 0.2) is 59.5 Å². The number of carboxylic acid groups (broad SMARTS) is 2. The van der Waals surface area contributed by atoms with Crippen molar-refractivity contribution in [1.82, 2.24) is 5.32 Å². The first-order chi connectivity index (χ1) is 13.4. The molecule has 3 N–H and O–H groups in total. The summed E-state index contributed by atoms with van der Waals surface area (Å²) in [7, 11) is 0. The number of carbonyl (C=O) groups is 4. The molecule has 2 rings (SSSR count). The average Bonchev–Trinajstić information content (AvgIpc) is 2.69. The van der Waals surface area contributed by atoms with Crippen LogP contribution in [0.5, 0.6) is 0 Å². The van der Waals surface area contributed by atoms with E-state index in [9.17, 15) is 19.2 Å². The highest BCUT2D eigenvalue weighted by Gasteiger charge is 2.21. The van der Waals surface area contributed by atoms with Crippen molar-refractivity contribution in [3.8, 4) is 0 Å². The second-order valence-electron chi connectivity index (χ2n) is 5.90. The number of ketones is 1. The number of aliphatic carboxylic acids is 2. The summed E-state index contributed by atoms with van der Waals surface area (Å²) in [6.45, 7) is 0. The smallest absolute Gasteiger partial charge is 0.326 e. The van der Waals surface area contributed by atoms with Gasteiger partial charge in [0, 0.05) is 22.4 Å². The van der Waals surface area contributed by atoms with E-state index in [2.05, 4.69) is 5.32 Å². The number of Topliss-reactive ketones (excluding diaryl/α,β-unsaturated/α-hetero) is 1. The van der Waals surface area contributed by atoms with Gasteiger partial charge in [-0.1, -0.05) is 36.4 Å². The van der Waals surface area contributed by atoms with Gasteiger partial charge in [0.1, 0.15) is 6.04 Å². The van der Waals surface area contributed by atoms with Crippen LogP contribution in [0.2, 0.25) is 0 Å². The maximum absolute atomic E-state index is 12.3. The third-order valence-electron chi connectivity index (χ3n) is 3.81. The third kappa shape index (κ3) is 6.55. The maximum Gasteiger partial charge on any atom is 0.326 e. The summed E-state index contributed by atoms with van der Waals surface area (Å²) in [5, 5.41) is 20.2. The van der Waals surface area contributed by atoms with Crippen LogP contribution in [-0.2, 0) is 9.59 Å². The van der Waals surface area contributed by atoms with Crippen molar-refractivity contribution in [3.05, 3.63) is 65.7 Å². The molecule has 1 atom stereocenters. The first kappa shape index (κ1) is 21.2. The van der Waals surface area contributed by atoms with E-state index in [4.69, 9.17) is 10.2 Å². The van der Waals surface area contributed by atoms with Crippen molar-refractivity contribution < 1.29 is 29.4 Å².